The molecule has 1 amide bonds. The highest BCUT2D eigenvalue weighted by Gasteiger charge is 2.45. The van der Waals surface area contributed by atoms with Crippen LogP contribution in [0.15, 0.2) is 24.5 Å². The molecule has 2 aliphatic heterocycles. The Morgan fingerprint density at radius 1 is 1.44 bits per heavy atom. The molecular formula is C13H17N3O2. The van der Waals surface area contributed by atoms with Crippen LogP contribution < -0.4 is 5.32 Å². The fourth-order valence-corrected chi connectivity index (χ4v) is 2.67. The third-order valence-corrected chi connectivity index (χ3v) is 3.65. The Labute approximate surface area is 106 Å². The fourth-order valence-electron chi connectivity index (χ4n) is 2.67. The third-order valence-electron chi connectivity index (χ3n) is 3.65. The van der Waals surface area contributed by atoms with Gasteiger partial charge in [-0.15, -0.1) is 0 Å². The van der Waals surface area contributed by atoms with Gasteiger partial charge < -0.3 is 10.1 Å². The molecular weight excluding hydrogens is 230 g/mol. The van der Waals surface area contributed by atoms with Crippen molar-refractivity contribution in [1.82, 2.24) is 15.2 Å². The Hall–Kier alpha value is -1.62. The van der Waals surface area contributed by atoms with Crippen molar-refractivity contribution in [3.63, 3.8) is 0 Å². The maximum Gasteiger partial charge on any atom is 0.410 e. The van der Waals surface area contributed by atoms with E-state index in [1.807, 2.05) is 12.1 Å². The summed E-state index contributed by atoms with van der Waals surface area (Å²) < 4.78 is 5.60. The molecule has 1 aromatic rings. The van der Waals surface area contributed by atoms with Crippen molar-refractivity contribution in [2.75, 3.05) is 19.6 Å². The van der Waals surface area contributed by atoms with E-state index in [2.05, 4.69) is 10.3 Å². The zero-order valence-corrected chi connectivity index (χ0v) is 10.3. The summed E-state index contributed by atoms with van der Waals surface area (Å²) in [5.74, 6) is 0. The van der Waals surface area contributed by atoms with Gasteiger partial charge >= 0.3 is 6.09 Å². The van der Waals surface area contributed by atoms with Crippen LogP contribution in [0.25, 0.3) is 0 Å². The lowest BCUT2D eigenvalue weighted by Crippen LogP contribution is -2.44. The van der Waals surface area contributed by atoms with Crippen LogP contribution >= 0.6 is 0 Å². The molecule has 0 radical (unpaired) electrons. The quantitative estimate of drug-likeness (QED) is 0.852. The van der Waals surface area contributed by atoms with Crippen LogP contribution in [0.4, 0.5) is 4.79 Å². The van der Waals surface area contributed by atoms with Crippen molar-refractivity contribution in [1.29, 1.82) is 0 Å². The topological polar surface area (TPSA) is 54.5 Å². The zero-order chi connectivity index (χ0) is 12.4. The predicted molar refractivity (Wildman–Crippen MR) is 66.0 cm³/mol. The molecule has 1 N–H and O–H groups in total. The number of carbonyl (C=O) groups excluding carboxylic acids is 1. The second-order valence-corrected chi connectivity index (χ2v) is 5.02. The largest absolute Gasteiger partial charge is 0.441 e. The molecule has 0 unspecified atom stereocenters. The minimum Gasteiger partial charge on any atom is -0.441 e. The van der Waals surface area contributed by atoms with Crippen molar-refractivity contribution in [3.05, 3.63) is 30.1 Å². The van der Waals surface area contributed by atoms with E-state index >= 15 is 0 Å². The van der Waals surface area contributed by atoms with Gasteiger partial charge in [-0.2, -0.15) is 0 Å². The first-order valence-corrected chi connectivity index (χ1v) is 6.35. The lowest BCUT2D eigenvalue weighted by atomic mass is 9.92. The van der Waals surface area contributed by atoms with Crippen LogP contribution in [0.2, 0.25) is 0 Å². The van der Waals surface area contributed by atoms with E-state index in [1.165, 1.54) is 0 Å². The first-order chi connectivity index (χ1) is 8.77. The van der Waals surface area contributed by atoms with Crippen LogP contribution in [0, 0.1) is 0 Å². The summed E-state index contributed by atoms with van der Waals surface area (Å²) in [4.78, 5) is 17.8. The van der Waals surface area contributed by atoms with Crippen molar-refractivity contribution in [2.45, 2.75) is 25.0 Å². The van der Waals surface area contributed by atoms with Gasteiger partial charge in [-0.05, 0) is 24.7 Å². The summed E-state index contributed by atoms with van der Waals surface area (Å²) in [5, 5.41) is 3.30. The second kappa shape index (κ2) is 4.57. The average molecular weight is 247 g/mol. The minimum atomic E-state index is -0.259. The van der Waals surface area contributed by atoms with Crippen molar-refractivity contribution >= 4 is 6.09 Å². The van der Waals surface area contributed by atoms with E-state index in [1.54, 1.807) is 17.3 Å². The van der Waals surface area contributed by atoms with Gasteiger partial charge in [-0.3, -0.25) is 9.88 Å². The highest BCUT2D eigenvalue weighted by molar-refractivity contribution is 5.70. The van der Waals surface area contributed by atoms with Crippen LogP contribution in [0.1, 0.15) is 18.4 Å². The number of rotatable bonds is 2. The van der Waals surface area contributed by atoms with Gasteiger partial charge in [-0.1, -0.05) is 6.07 Å². The number of hydrogen-bond donors (Lipinski definition) is 1. The predicted octanol–water partition coefficient (Wildman–Crippen LogP) is 1.16. The summed E-state index contributed by atoms with van der Waals surface area (Å²) in [7, 11) is 0. The number of hydrogen-bond acceptors (Lipinski definition) is 4. The van der Waals surface area contributed by atoms with Crippen LogP contribution in [-0.2, 0) is 11.3 Å². The van der Waals surface area contributed by atoms with E-state index in [0.717, 1.165) is 31.5 Å². The molecule has 0 saturated carbocycles. The van der Waals surface area contributed by atoms with Gasteiger partial charge in [-0.25, -0.2) is 4.79 Å². The van der Waals surface area contributed by atoms with E-state index in [0.29, 0.717) is 13.1 Å². The highest BCUT2D eigenvalue weighted by Crippen LogP contribution is 2.31. The van der Waals surface area contributed by atoms with Crippen molar-refractivity contribution < 1.29 is 9.53 Å². The monoisotopic (exact) mass is 247 g/mol. The summed E-state index contributed by atoms with van der Waals surface area (Å²) in [6.45, 7) is 3.13. The van der Waals surface area contributed by atoms with Gasteiger partial charge in [0, 0.05) is 25.2 Å². The van der Waals surface area contributed by atoms with Crippen molar-refractivity contribution in [3.8, 4) is 0 Å². The summed E-state index contributed by atoms with van der Waals surface area (Å²) in [6, 6.07) is 3.87. The SMILES string of the molecule is O=C1OC2(CCNCC2)CN1Cc1cccnc1. The Bertz CT molecular complexity index is 429. The molecule has 3 rings (SSSR count). The first-order valence-electron chi connectivity index (χ1n) is 6.35. The summed E-state index contributed by atoms with van der Waals surface area (Å²) in [6.07, 6.45) is 5.14. The molecule has 0 atom stereocenters. The zero-order valence-electron chi connectivity index (χ0n) is 10.3. The molecule has 2 aliphatic rings. The summed E-state index contributed by atoms with van der Waals surface area (Å²) in [5.41, 5.74) is 0.783. The standard InChI is InChI=1S/C13H17N3O2/c17-12-16(9-11-2-1-5-15-8-11)10-13(18-12)3-6-14-7-4-13/h1-2,5,8,14H,3-4,6-7,9-10H2. The highest BCUT2D eigenvalue weighted by atomic mass is 16.6. The van der Waals surface area contributed by atoms with Crippen LogP contribution in [-0.4, -0.2) is 41.2 Å². The molecule has 0 aromatic carbocycles. The van der Waals surface area contributed by atoms with Crippen LogP contribution in [0.5, 0.6) is 0 Å². The molecule has 18 heavy (non-hydrogen) atoms. The molecule has 5 nitrogen and oxygen atoms in total. The molecule has 2 saturated heterocycles. The Kier molecular flexibility index (Phi) is 2.91. The minimum absolute atomic E-state index is 0.194. The second-order valence-electron chi connectivity index (χ2n) is 5.02. The molecule has 5 heteroatoms. The van der Waals surface area contributed by atoms with Gasteiger partial charge in [0.1, 0.15) is 5.60 Å². The molecule has 96 valence electrons. The Balaban J connectivity index is 1.69. The van der Waals surface area contributed by atoms with Gasteiger partial charge in [0.15, 0.2) is 0 Å². The number of nitrogens with zero attached hydrogens (tertiary/aromatic N) is 2. The van der Waals surface area contributed by atoms with E-state index in [9.17, 15) is 4.79 Å². The molecule has 3 heterocycles. The van der Waals surface area contributed by atoms with Gasteiger partial charge in [0.25, 0.3) is 0 Å². The van der Waals surface area contributed by atoms with E-state index in [4.69, 9.17) is 4.74 Å². The molecule has 1 spiro atoms. The smallest absolute Gasteiger partial charge is 0.410 e. The number of amides is 1. The molecule has 0 aliphatic carbocycles. The number of nitrogens with one attached hydrogen (secondary N) is 1. The number of pyridine rings is 1. The lowest BCUT2D eigenvalue weighted by molar-refractivity contribution is 0.0316. The average Bonchev–Trinajstić information content (AvgIpc) is 2.68. The fraction of sp³-hybridized carbons (Fsp3) is 0.538. The molecule has 1 aromatic heterocycles. The maximum atomic E-state index is 11.9. The lowest BCUT2D eigenvalue weighted by Gasteiger charge is -2.31. The van der Waals surface area contributed by atoms with E-state index < -0.39 is 0 Å². The van der Waals surface area contributed by atoms with Gasteiger partial charge in [0.05, 0.1) is 13.1 Å². The molecule has 0 bridgehead atoms. The first kappa shape index (κ1) is 11.5. The maximum absolute atomic E-state index is 11.9. The normalized spacial score (nSPS) is 22.2. The van der Waals surface area contributed by atoms with Crippen LogP contribution in [0.3, 0.4) is 0 Å². The van der Waals surface area contributed by atoms with Crippen molar-refractivity contribution in [2.24, 2.45) is 0 Å². The van der Waals surface area contributed by atoms with E-state index in [-0.39, 0.29) is 11.7 Å². The van der Waals surface area contributed by atoms with Gasteiger partial charge in [0.2, 0.25) is 0 Å². The number of ether oxygens (including phenoxy) is 1. The summed E-state index contributed by atoms with van der Waals surface area (Å²) >= 11 is 0. The third kappa shape index (κ3) is 2.18. The number of carbonyl (C=O) groups is 1. The number of piperidine rings is 1. The Morgan fingerprint density at radius 3 is 3.00 bits per heavy atom. The number of aromatic nitrogens is 1. The molecule has 2 fully saturated rings. The Morgan fingerprint density at radius 2 is 2.28 bits per heavy atom.